The van der Waals surface area contributed by atoms with Crippen LogP contribution in [0.4, 0.5) is 0 Å². The number of hydrogen-bond donors (Lipinski definition) is 4. The van der Waals surface area contributed by atoms with Crippen molar-refractivity contribution in [1.29, 1.82) is 0 Å². The fourth-order valence-corrected chi connectivity index (χ4v) is 4.16. The van der Waals surface area contributed by atoms with Crippen molar-refractivity contribution in [2.45, 2.75) is 136 Å². The van der Waals surface area contributed by atoms with E-state index >= 15 is 0 Å². The number of nitrogens with one attached hydrogen (secondary N) is 2. The molecule has 0 aromatic rings. The molecule has 3 amide bonds. The number of unbranched alkanes of at least 4 members (excludes halogenated alkanes) is 13. The molecule has 0 radical (unpaired) electrons. The van der Waals surface area contributed by atoms with E-state index in [1.165, 1.54) is 70.6 Å². The highest BCUT2D eigenvalue weighted by atomic mass is 16.5. The summed E-state index contributed by atoms with van der Waals surface area (Å²) in [5.74, 6) is -2.17. The first-order valence-corrected chi connectivity index (χ1v) is 13.2. The highest BCUT2D eigenvalue weighted by Crippen LogP contribution is 2.22. The molecule has 0 aromatic carbocycles. The molecule has 0 fully saturated rings. The average molecular weight is 470 g/mol. The predicted molar refractivity (Wildman–Crippen MR) is 134 cm³/mol. The predicted octanol–water partition coefficient (Wildman–Crippen LogP) is 5.39. The van der Waals surface area contributed by atoms with E-state index in [9.17, 15) is 14.4 Å². The summed E-state index contributed by atoms with van der Waals surface area (Å²) in [5.41, 5.74) is 6.53. The van der Waals surface area contributed by atoms with E-state index < -0.39 is 29.2 Å². The van der Waals surface area contributed by atoms with Crippen LogP contribution in [0.5, 0.6) is 0 Å². The van der Waals surface area contributed by atoms with Gasteiger partial charge in [-0.05, 0) is 11.8 Å². The zero-order chi connectivity index (χ0) is 25.1. The second kappa shape index (κ2) is 18.8. The molecular weight excluding hydrogens is 418 g/mol. The van der Waals surface area contributed by atoms with Crippen molar-refractivity contribution in [3.63, 3.8) is 0 Å². The van der Waals surface area contributed by atoms with Crippen LogP contribution in [-0.4, -0.2) is 29.0 Å². The number of hydrogen-bond acceptors (Lipinski definition) is 4. The van der Waals surface area contributed by atoms with Crippen LogP contribution in [-0.2, 0) is 14.4 Å². The molecule has 0 saturated heterocycles. The number of amides is 3. The van der Waals surface area contributed by atoms with Crippen LogP contribution >= 0.6 is 0 Å². The molecule has 5 N–H and O–H groups in total. The van der Waals surface area contributed by atoms with Gasteiger partial charge in [-0.25, -0.2) is 5.48 Å². The summed E-state index contributed by atoms with van der Waals surface area (Å²) in [7, 11) is 0. The molecule has 194 valence electrons. The van der Waals surface area contributed by atoms with Crippen LogP contribution < -0.4 is 16.5 Å². The summed E-state index contributed by atoms with van der Waals surface area (Å²) in [6, 6.07) is -0.818. The number of nitrogens with two attached hydrogens (primary N) is 1. The van der Waals surface area contributed by atoms with Gasteiger partial charge in [0.05, 0.1) is 0 Å². The third-order valence-corrected chi connectivity index (χ3v) is 6.27. The first-order chi connectivity index (χ1) is 15.6. The Kier molecular flexibility index (Phi) is 17.8. The minimum atomic E-state index is -0.818. The van der Waals surface area contributed by atoms with Crippen molar-refractivity contribution in [1.82, 2.24) is 10.8 Å². The molecule has 0 saturated carbocycles. The van der Waals surface area contributed by atoms with Crippen molar-refractivity contribution in [2.75, 3.05) is 0 Å². The van der Waals surface area contributed by atoms with E-state index in [4.69, 9.17) is 10.9 Å². The smallest absolute Gasteiger partial charge is 0.244 e. The SMILES string of the molecule is CCCCCCCCCCCCCCCCC(CC(=O)NO)C(=O)N[C@H](C(N)=O)C(C)(C)C. The summed E-state index contributed by atoms with van der Waals surface area (Å²) in [6.45, 7) is 7.73. The second-order valence-electron chi connectivity index (χ2n) is 10.5. The maximum absolute atomic E-state index is 12.7. The Morgan fingerprint density at radius 3 is 1.58 bits per heavy atom. The lowest BCUT2D eigenvalue weighted by Gasteiger charge is -2.30. The van der Waals surface area contributed by atoms with Gasteiger partial charge in [0.2, 0.25) is 17.7 Å². The van der Waals surface area contributed by atoms with Gasteiger partial charge in [0.15, 0.2) is 0 Å². The molecule has 0 aliphatic carbocycles. The minimum absolute atomic E-state index is 0.115. The molecule has 0 rings (SSSR count). The van der Waals surface area contributed by atoms with Gasteiger partial charge >= 0.3 is 0 Å². The molecule has 7 heteroatoms. The van der Waals surface area contributed by atoms with Gasteiger partial charge in [-0.1, -0.05) is 118 Å². The van der Waals surface area contributed by atoms with Gasteiger partial charge in [-0.2, -0.15) is 0 Å². The van der Waals surface area contributed by atoms with Gasteiger partial charge in [-0.3, -0.25) is 19.6 Å². The molecule has 1 unspecified atom stereocenters. The van der Waals surface area contributed by atoms with Crippen LogP contribution in [0.15, 0.2) is 0 Å². The van der Waals surface area contributed by atoms with Gasteiger partial charge in [0.25, 0.3) is 0 Å². The highest BCUT2D eigenvalue weighted by molar-refractivity contribution is 5.90. The Morgan fingerprint density at radius 2 is 1.21 bits per heavy atom. The van der Waals surface area contributed by atoms with Crippen molar-refractivity contribution in [3.05, 3.63) is 0 Å². The third kappa shape index (κ3) is 16.6. The second-order valence-corrected chi connectivity index (χ2v) is 10.5. The molecule has 0 heterocycles. The molecule has 0 spiro atoms. The summed E-state index contributed by atoms with van der Waals surface area (Å²) < 4.78 is 0. The normalized spacial score (nSPS) is 13.4. The van der Waals surface area contributed by atoms with Crippen LogP contribution in [0, 0.1) is 11.3 Å². The van der Waals surface area contributed by atoms with E-state index in [-0.39, 0.29) is 12.3 Å². The van der Waals surface area contributed by atoms with Crippen molar-refractivity contribution < 1.29 is 19.6 Å². The topological polar surface area (TPSA) is 122 Å². The molecular formula is C26H51N3O4. The third-order valence-electron chi connectivity index (χ3n) is 6.27. The van der Waals surface area contributed by atoms with Gasteiger partial charge in [0.1, 0.15) is 6.04 Å². The summed E-state index contributed by atoms with van der Waals surface area (Å²) in [6.07, 6.45) is 17.9. The maximum Gasteiger partial charge on any atom is 0.244 e. The lowest BCUT2D eigenvalue weighted by atomic mass is 9.85. The number of hydroxylamine groups is 1. The zero-order valence-electron chi connectivity index (χ0n) is 21.7. The van der Waals surface area contributed by atoms with Crippen LogP contribution in [0.3, 0.4) is 0 Å². The molecule has 0 aliphatic rings. The van der Waals surface area contributed by atoms with Gasteiger partial charge < -0.3 is 11.1 Å². The van der Waals surface area contributed by atoms with Crippen LogP contribution in [0.1, 0.15) is 130 Å². The fraction of sp³-hybridized carbons (Fsp3) is 0.885. The lowest BCUT2D eigenvalue weighted by molar-refractivity contribution is -0.136. The zero-order valence-corrected chi connectivity index (χ0v) is 21.7. The van der Waals surface area contributed by atoms with Gasteiger partial charge in [0, 0.05) is 12.3 Å². The molecule has 7 nitrogen and oxygen atoms in total. The Labute approximate surface area is 202 Å². The van der Waals surface area contributed by atoms with Crippen molar-refractivity contribution >= 4 is 17.7 Å². The Balaban J connectivity index is 4.15. The van der Waals surface area contributed by atoms with Crippen LogP contribution in [0.25, 0.3) is 0 Å². The molecule has 2 atom stereocenters. The number of carbonyl (C=O) groups excluding carboxylic acids is 3. The average Bonchev–Trinajstić information content (AvgIpc) is 2.75. The Bertz CT molecular complexity index is 546. The fourth-order valence-electron chi connectivity index (χ4n) is 4.16. The van der Waals surface area contributed by atoms with E-state index in [0.29, 0.717) is 6.42 Å². The van der Waals surface area contributed by atoms with Crippen LogP contribution in [0.2, 0.25) is 0 Å². The lowest BCUT2D eigenvalue weighted by Crippen LogP contribution is -2.53. The Hall–Kier alpha value is -1.63. The van der Waals surface area contributed by atoms with E-state index in [1.54, 1.807) is 5.48 Å². The van der Waals surface area contributed by atoms with E-state index in [2.05, 4.69) is 12.2 Å². The van der Waals surface area contributed by atoms with Crippen molar-refractivity contribution in [2.24, 2.45) is 17.1 Å². The number of primary amides is 1. The summed E-state index contributed by atoms with van der Waals surface area (Å²) in [4.78, 5) is 36.2. The quantitative estimate of drug-likeness (QED) is 0.108. The van der Waals surface area contributed by atoms with Crippen molar-refractivity contribution in [3.8, 4) is 0 Å². The molecule has 0 aliphatic heterocycles. The monoisotopic (exact) mass is 469 g/mol. The highest BCUT2D eigenvalue weighted by Gasteiger charge is 2.33. The summed E-state index contributed by atoms with van der Waals surface area (Å²) >= 11 is 0. The molecule has 33 heavy (non-hydrogen) atoms. The van der Waals surface area contributed by atoms with E-state index in [1.807, 2.05) is 20.8 Å². The number of carbonyl (C=O) groups is 3. The molecule has 0 aromatic heterocycles. The Morgan fingerprint density at radius 1 is 0.788 bits per heavy atom. The first kappa shape index (κ1) is 31.4. The van der Waals surface area contributed by atoms with E-state index in [0.717, 1.165) is 19.3 Å². The first-order valence-electron chi connectivity index (χ1n) is 13.2. The number of rotatable bonds is 20. The van der Waals surface area contributed by atoms with Gasteiger partial charge in [-0.15, -0.1) is 0 Å². The largest absolute Gasteiger partial charge is 0.368 e. The summed E-state index contributed by atoms with van der Waals surface area (Å²) in [5, 5.41) is 11.6. The molecule has 0 bridgehead atoms. The minimum Gasteiger partial charge on any atom is -0.368 e. The maximum atomic E-state index is 12.7. The standard InChI is InChI=1S/C26H51N3O4/c1-5-6-7-8-9-10-11-12-13-14-15-16-17-18-19-21(20-22(30)29-33)25(32)28-23(24(27)31)26(2,3)4/h21,23,33H,5-20H2,1-4H3,(H2,27,31)(H,28,32)(H,29,30)/t21?,23-/m1/s1.